The van der Waals surface area contributed by atoms with Gasteiger partial charge in [-0.15, -0.1) is 0 Å². The van der Waals surface area contributed by atoms with Crippen LogP contribution in [0.3, 0.4) is 0 Å². The van der Waals surface area contributed by atoms with Gasteiger partial charge in [0, 0.05) is 17.8 Å². The standard InChI is InChI=1S/C41H62O15/c1-17(2)19(4)24(43)14-18(3)26-29(45)30(46)27-22-9-8-20-15-21(10-12-40(20,5)23(22)11-13-41(26,27)6)53-39-36(33(49)32(48)35(55-39)37(51)52-7)56-38-34(50)31(47)28(44)25(16-42)54-38/h17-18,20-23,25,27-28,31-36,38-39,42,44-45,47-50H,4,8-16H2,1-3,5-7H3/t18-,20+,21+,22-,23+,25-,27+,28-,31+,32+,33+,34-,35+,36-,38+,39-,40+,41-/m1/s1. The summed E-state index contributed by atoms with van der Waals surface area (Å²) in [5, 5.41) is 74.4. The van der Waals surface area contributed by atoms with Crippen molar-refractivity contribution in [3.05, 3.63) is 23.5 Å². The SMILES string of the molecule is C=C(C(=O)C[C@@H](C)C1=C(O)C(=O)[C@@H]2[C@@H]3CC[C@H]4C[C@@H](O[C@@H]5O[C@H](C(=O)OC)[C@@H](O)[C@H](O)[C@H]5O[C@@H]5O[C@H](CO)[C@@H](O)[C@H](O)[C@H]5O)CC[C@]4(C)[C@H]3CC[C@]12C)C(C)C. The van der Waals surface area contributed by atoms with Crippen molar-refractivity contribution in [1.82, 2.24) is 0 Å². The number of Topliss-reactive ketones (excluding diaryl/α,β-unsaturated/α-hetero) is 2. The van der Waals surface area contributed by atoms with Gasteiger partial charge < -0.3 is 59.4 Å². The Kier molecular flexibility index (Phi) is 12.7. The van der Waals surface area contributed by atoms with E-state index >= 15 is 0 Å². The first-order chi connectivity index (χ1) is 26.3. The molecule has 5 fully saturated rings. The number of esters is 1. The zero-order valence-electron chi connectivity index (χ0n) is 33.3. The Morgan fingerprint density at radius 1 is 0.893 bits per heavy atom. The lowest BCUT2D eigenvalue weighted by Gasteiger charge is -2.60. The number of ether oxygens (including phenoxy) is 5. The van der Waals surface area contributed by atoms with E-state index in [-0.39, 0.29) is 64.7 Å². The van der Waals surface area contributed by atoms with Gasteiger partial charge in [-0.2, -0.15) is 0 Å². The highest BCUT2D eigenvalue weighted by molar-refractivity contribution is 6.01. The average Bonchev–Trinajstić information content (AvgIpc) is 3.37. The van der Waals surface area contributed by atoms with Crippen LogP contribution < -0.4 is 0 Å². The van der Waals surface area contributed by atoms with E-state index in [0.29, 0.717) is 30.4 Å². The molecule has 2 saturated heterocycles. The number of aliphatic hydroxyl groups is 7. The summed E-state index contributed by atoms with van der Waals surface area (Å²) in [6.07, 6.45) is -11.8. The molecule has 0 unspecified atom stereocenters. The van der Waals surface area contributed by atoms with Crippen LogP contribution in [0, 0.1) is 46.3 Å². The van der Waals surface area contributed by atoms with Crippen molar-refractivity contribution in [1.29, 1.82) is 0 Å². The van der Waals surface area contributed by atoms with Gasteiger partial charge >= 0.3 is 5.97 Å². The Bertz CT molecular complexity index is 1540. The molecule has 0 aromatic rings. The van der Waals surface area contributed by atoms with Crippen molar-refractivity contribution >= 4 is 17.5 Å². The molecule has 0 radical (unpaired) electrons. The molecule has 15 heteroatoms. The van der Waals surface area contributed by atoms with E-state index in [1.807, 2.05) is 20.8 Å². The van der Waals surface area contributed by atoms with E-state index in [9.17, 15) is 50.1 Å². The monoisotopic (exact) mass is 794 g/mol. The van der Waals surface area contributed by atoms with E-state index < -0.39 is 85.5 Å². The van der Waals surface area contributed by atoms with Gasteiger partial charge in [-0.3, -0.25) is 9.59 Å². The van der Waals surface area contributed by atoms with Gasteiger partial charge in [-0.1, -0.05) is 41.2 Å². The van der Waals surface area contributed by atoms with Crippen LogP contribution in [0.25, 0.3) is 0 Å². The Morgan fingerprint density at radius 2 is 1.59 bits per heavy atom. The van der Waals surface area contributed by atoms with Crippen molar-refractivity contribution in [3.63, 3.8) is 0 Å². The number of carbonyl (C=O) groups is 3. The number of aliphatic hydroxyl groups excluding tert-OH is 7. The molecule has 316 valence electrons. The fourth-order valence-electron chi connectivity index (χ4n) is 11.4. The number of methoxy groups -OCH3 is 1. The zero-order chi connectivity index (χ0) is 41.2. The minimum Gasteiger partial charge on any atom is -0.504 e. The molecular formula is C41H62O15. The maximum absolute atomic E-state index is 14.0. The second-order valence-electron chi connectivity index (χ2n) is 18.1. The molecule has 6 rings (SSSR count). The molecule has 6 aliphatic rings. The second kappa shape index (κ2) is 16.4. The predicted octanol–water partition coefficient (Wildman–Crippen LogP) is 1.63. The van der Waals surface area contributed by atoms with Crippen LogP contribution in [0.4, 0.5) is 0 Å². The Morgan fingerprint density at radius 3 is 2.23 bits per heavy atom. The highest BCUT2D eigenvalue weighted by Gasteiger charge is 2.64. The summed E-state index contributed by atoms with van der Waals surface area (Å²) in [6, 6.07) is 0. The summed E-state index contributed by atoms with van der Waals surface area (Å²) in [5.74, 6) is -1.67. The first-order valence-corrected chi connectivity index (χ1v) is 20.2. The van der Waals surface area contributed by atoms with Gasteiger partial charge in [0.2, 0.25) is 5.78 Å². The molecule has 0 bridgehead atoms. The number of carbonyl (C=O) groups excluding carboxylic acids is 3. The average molecular weight is 795 g/mol. The smallest absolute Gasteiger partial charge is 0.337 e. The van der Waals surface area contributed by atoms with Crippen molar-refractivity contribution in [3.8, 4) is 0 Å². The molecule has 0 amide bonds. The molecule has 4 aliphatic carbocycles. The predicted molar refractivity (Wildman–Crippen MR) is 196 cm³/mol. The lowest BCUT2D eigenvalue weighted by atomic mass is 9.44. The second-order valence-corrected chi connectivity index (χ2v) is 18.1. The van der Waals surface area contributed by atoms with Crippen LogP contribution in [0.15, 0.2) is 23.5 Å². The summed E-state index contributed by atoms with van der Waals surface area (Å²) < 4.78 is 28.5. The first-order valence-electron chi connectivity index (χ1n) is 20.2. The topological polar surface area (TPSA) is 239 Å². The molecule has 18 atom stereocenters. The minimum atomic E-state index is -1.82. The van der Waals surface area contributed by atoms with E-state index in [0.717, 1.165) is 32.8 Å². The highest BCUT2D eigenvalue weighted by atomic mass is 16.8. The van der Waals surface area contributed by atoms with E-state index in [2.05, 4.69) is 20.4 Å². The Labute approximate surface area is 328 Å². The summed E-state index contributed by atoms with van der Waals surface area (Å²) in [6.45, 7) is 13.4. The molecule has 56 heavy (non-hydrogen) atoms. The Balaban J connectivity index is 1.17. The van der Waals surface area contributed by atoms with Crippen LogP contribution in [-0.4, -0.2) is 135 Å². The van der Waals surface area contributed by atoms with Crippen molar-refractivity contribution in [2.45, 2.75) is 154 Å². The number of fused-ring (bicyclic) bond motifs is 5. The molecule has 0 spiro atoms. The maximum Gasteiger partial charge on any atom is 0.337 e. The lowest BCUT2D eigenvalue weighted by molar-refractivity contribution is -0.369. The van der Waals surface area contributed by atoms with E-state index in [4.69, 9.17) is 23.7 Å². The number of hydrogen-bond donors (Lipinski definition) is 7. The molecule has 7 N–H and O–H groups in total. The first kappa shape index (κ1) is 43.3. The van der Waals surface area contributed by atoms with E-state index in [1.165, 1.54) is 0 Å². The fourth-order valence-corrected chi connectivity index (χ4v) is 11.4. The molecular weight excluding hydrogens is 732 g/mol. The van der Waals surface area contributed by atoms with Gasteiger partial charge in [0.1, 0.15) is 42.7 Å². The third-order valence-electron chi connectivity index (χ3n) is 14.7. The summed E-state index contributed by atoms with van der Waals surface area (Å²) in [7, 11) is 1.10. The van der Waals surface area contributed by atoms with Crippen LogP contribution in [0.5, 0.6) is 0 Å². The molecule has 2 heterocycles. The third-order valence-corrected chi connectivity index (χ3v) is 14.7. The summed E-state index contributed by atoms with van der Waals surface area (Å²) in [4.78, 5) is 39.6. The normalized spacial score (nSPS) is 45.8. The molecule has 0 aromatic heterocycles. The van der Waals surface area contributed by atoms with Gasteiger partial charge in [0.05, 0.1) is 19.8 Å². The quantitative estimate of drug-likeness (QED) is 0.0894. The molecule has 15 nitrogen and oxygen atoms in total. The highest BCUT2D eigenvalue weighted by Crippen LogP contribution is 2.67. The molecule has 0 aromatic carbocycles. The Hall–Kier alpha value is -2.31. The van der Waals surface area contributed by atoms with Crippen molar-refractivity contribution in [2.24, 2.45) is 46.3 Å². The minimum absolute atomic E-state index is 0.00965. The fraction of sp³-hybridized carbons (Fsp3) is 0.829. The van der Waals surface area contributed by atoms with Gasteiger partial charge in [0.15, 0.2) is 30.2 Å². The zero-order valence-corrected chi connectivity index (χ0v) is 33.3. The van der Waals surface area contributed by atoms with Crippen LogP contribution >= 0.6 is 0 Å². The number of rotatable bonds is 11. The maximum atomic E-state index is 14.0. The van der Waals surface area contributed by atoms with Gasteiger partial charge in [0.25, 0.3) is 0 Å². The largest absolute Gasteiger partial charge is 0.504 e. The van der Waals surface area contributed by atoms with E-state index in [1.54, 1.807) is 0 Å². The van der Waals surface area contributed by atoms with Crippen molar-refractivity contribution < 1.29 is 73.8 Å². The lowest BCUT2D eigenvalue weighted by Crippen LogP contribution is -2.65. The molecule has 2 aliphatic heterocycles. The van der Waals surface area contributed by atoms with Crippen LogP contribution in [-0.2, 0) is 38.1 Å². The number of ketones is 2. The van der Waals surface area contributed by atoms with Crippen LogP contribution in [0.1, 0.15) is 86.0 Å². The van der Waals surface area contributed by atoms with Crippen molar-refractivity contribution in [2.75, 3.05) is 13.7 Å². The summed E-state index contributed by atoms with van der Waals surface area (Å²) >= 11 is 0. The number of allylic oxidation sites excluding steroid dienone is 3. The third kappa shape index (κ3) is 7.32. The van der Waals surface area contributed by atoms with Crippen LogP contribution in [0.2, 0.25) is 0 Å². The van der Waals surface area contributed by atoms with Gasteiger partial charge in [-0.25, -0.2) is 4.79 Å². The van der Waals surface area contributed by atoms with Gasteiger partial charge in [-0.05, 0) is 91.1 Å². The summed E-state index contributed by atoms with van der Waals surface area (Å²) in [5.41, 5.74) is 0.524. The molecule has 3 saturated carbocycles. The number of hydrogen-bond acceptors (Lipinski definition) is 15.